The molecule has 8 heteroatoms. The number of hydrogen-bond donors (Lipinski definition) is 2. The van der Waals surface area contributed by atoms with Crippen molar-refractivity contribution in [2.45, 2.75) is 44.8 Å². The minimum absolute atomic E-state index is 0.200. The minimum Gasteiger partial charge on any atom is -0.368 e. The first-order chi connectivity index (χ1) is 14.0. The van der Waals surface area contributed by atoms with Crippen molar-refractivity contribution in [3.63, 3.8) is 0 Å². The van der Waals surface area contributed by atoms with Crippen molar-refractivity contribution >= 4 is 11.6 Å². The number of amides is 1. The number of aryl methyl sites for hydroxylation is 1. The van der Waals surface area contributed by atoms with Crippen LogP contribution in [0.25, 0.3) is 5.65 Å². The fraction of sp³-hybridized carbons (Fsp3) is 0.381. The summed E-state index contributed by atoms with van der Waals surface area (Å²) in [7, 11) is 0. The molecule has 0 bridgehead atoms. The highest BCUT2D eigenvalue weighted by molar-refractivity contribution is 5.81. The lowest BCUT2D eigenvalue weighted by Crippen LogP contribution is -2.41. The summed E-state index contributed by atoms with van der Waals surface area (Å²) in [5.74, 6) is -0.552. The second-order valence-electron chi connectivity index (χ2n) is 7.39. The normalized spacial score (nSPS) is 17.9. The van der Waals surface area contributed by atoms with Crippen LogP contribution in [0, 0.1) is 12.7 Å². The summed E-state index contributed by atoms with van der Waals surface area (Å²) in [6, 6.07) is 8.75. The SMILES string of the molecule is Cc1cc2nc(C[C@@H](NC(=O)[C@@H]3CCCCO3)c3ccc(F)cc3)cc(=O)n2[nH]1. The van der Waals surface area contributed by atoms with Crippen LogP contribution in [0.4, 0.5) is 4.39 Å². The van der Waals surface area contributed by atoms with Crippen LogP contribution in [0.3, 0.4) is 0 Å². The number of nitrogens with zero attached hydrogens (tertiary/aromatic N) is 2. The van der Waals surface area contributed by atoms with Crippen LogP contribution in [0.1, 0.15) is 42.3 Å². The Morgan fingerprint density at radius 1 is 1.34 bits per heavy atom. The van der Waals surface area contributed by atoms with Gasteiger partial charge in [-0.2, -0.15) is 0 Å². The predicted octanol–water partition coefficient (Wildman–Crippen LogP) is 2.44. The third kappa shape index (κ3) is 4.37. The van der Waals surface area contributed by atoms with Crippen LogP contribution in [-0.4, -0.2) is 33.2 Å². The molecule has 0 unspecified atom stereocenters. The van der Waals surface area contributed by atoms with Crippen LogP contribution in [0.5, 0.6) is 0 Å². The van der Waals surface area contributed by atoms with Crippen LogP contribution >= 0.6 is 0 Å². The van der Waals surface area contributed by atoms with E-state index in [2.05, 4.69) is 15.4 Å². The van der Waals surface area contributed by atoms with Gasteiger partial charge in [-0.3, -0.25) is 14.7 Å². The summed E-state index contributed by atoms with van der Waals surface area (Å²) >= 11 is 0. The van der Waals surface area contributed by atoms with Crippen molar-refractivity contribution in [2.75, 3.05) is 6.61 Å². The van der Waals surface area contributed by atoms with Crippen molar-refractivity contribution in [1.82, 2.24) is 19.9 Å². The van der Waals surface area contributed by atoms with Gasteiger partial charge in [0, 0.05) is 30.9 Å². The highest BCUT2D eigenvalue weighted by Crippen LogP contribution is 2.20. The maximum Gasteiger partial charge on any atom is 0.272 e. The Balaban J connectivity index is 1.62. The molecule has 29 heavy (non-hydrogen) atoms. The fourth-order valence-electron chi connectivity index (χ4n) is 3.63. The van der Waals surface area contributed by atoms with E-state index in [0.29, 0.717) is 30.8 Å². The number of aromatic amines is 1. The number of benzene rings is 1. The molecular formula is C21H23FN4O3. The number of halogens is 1. The number of hydrogen-bond acceptors (Lipinski definition) is 4. The second kappa shape index (κ2) is 8.16. The van der Waals surface area contributed by atoms with E-state index in [1.54, 1.807) is 18.2 Å². The topological polar surface area (TPSA) is 88.5 Å². The molecule has 0 spiro atoms. The van der Waals surface area contributed by atoms with Gasteiger partial charge in [0.1, 0.15) is 11.9 Å². The molecule has 1 saturated heterocycles. The van der Waals surface area contributed by atoms with Gasteiger partial charge in [0.15, 0.2) is 5.65 Å². The van der Waals surface area contributed by atoms with Crippen molar-refractivity contribution in [3.8, 4) is 0 Å². The average molecular weight is 398 g/mol. The number of aromatic nitrogens is 3. The highest BCUT2D eigenvalue weighted by Gasteiger charge is 2.25. The lowest BCUT2D eigenvalue weighted by molar-refractivity contribution is -0.136. The fourth-order valence-corrected chi connectivity index (χ4v) is 3.63. The summed E-state index contributed by atoms with van der Waals surface area (Å²) < 4.78 is 20.3. The second-order valence-corrected chi connectivity index (χ2v) is 7.39. The number of nitrogens with one attached hydrogen (secondary N) is 2. The van der Waals surface area contributed by atoms with Crippen LogP contribution in [-0.2, 0) is 16.0 Å². The number of ether oxygens (including phenoxy) is 1. The third-order valence-corrected chi connectivity index (χ3v) is 5.11. The average Bonchev–Trinajstić information content (AvgIpc) is 3.09. The number of H-pyrrole nitrogens is 1. The van der Waals surface area contributed by atoms with Gasteiger partial charge in [-0.15, -0.1) is 0 Å². The van der Waals surface area contributed by atoms with Gasteiger partial charge in [0.25, 0.3) is 5.56 Å². The molecule has 0 radical (unpaired) electrons. The van der Waals surface area contributed by atoms with Gasteiger partial charge in [0.2, 0.25) is 5.91 Å². The third-order valence-electron chi connectivity index (χ3n) is 5.11. The molecule has 0 saturated carbocycles. The Morgan fingerprint density at radius 3 is 2.86 bits per heavy atom. The molecule has 4 rings (SSSR count). The Bertz CT molecular complexity index is 1070. The quantitative estimate of drug-likeness (QED) is 0.691. The van der Waals surface area contributed by atoms with Crippen molar-refractivity contribution in [1.29, 1.82) is 0 Å². The Hall–Kier alpha value is -3.00. The Kier molecular flexibility index (Phi) is 5.44. The van der Waals surface area contributed by atoms with E-state index in [-0.39, 0.29) is 17.3 Å². The van der Waals surface area contributed by atoms with Gasteiger partial charge < -0.3 is 10.1 Å². The first-order valence-corrected chi connectivity index (χ1v) is 9.75. The predicted molar refractivity (Wildman–Crippen MR) is 105 cm³/mol. The first kappa shape index (κ1) is 19.3. The molecule has 3 aromatic rings. The van der Waals surface area contributed by atoms with E-state index in [0.717, 1.165) is 24.1 Å². The zero-order chi connectivity index (χ0) is 20.4. The molecule has 2 atom stereocenters. The van der Waals surface area contributed by atoms with Gasteiger partial charge >= 0.3 is 0 Å². The lowest BCUT2D eigenvalue weighted by atomic mass is 10.0. The first-order valence-electron chi connectivity index (χ1n) is 9.75. The van der Waals surface area contributed by atoms with Crippen molar-refractivity contribution in [2.24, 2.45) is 0 Å². The summed E-state index contributed by atoms with van der Waals surface area (Å²) in [5, 5.41) is 5.93. The number of carbonyl (C=O) groups excluding carboxylic acids is 1. The highest BCUT2D eigenvalue weighted by atomic mass is 19.1. The molecule has 152 valence electrons. The van der Waals surface area contributed by atoms with E-state index < -0.39 is 12.1 Å². The molecule has 2 aromatic heterocycles. The molecule has 1 aliphatic rings. The van der Waals surface area contributed by atoms with Crippen molar-refractivity contribution < 1.29 is 13.9 Å². The molecule has 2 N–H and O–H groups in total. The largest absolute Gasteiger partial charge is 0.368 e. The van der Waals surface area contributed by atoms with E-state index in [1.165, 1.54) is 22.7 Å². The molecule has 3 heterocycles. The smallest absolute Gasteiger partial charge is 0.272 e. The summed E-state index contributed by atoms with van der Waals surface area (Å²) in [6.45, 7) is 2.42. The van der Waals surface area contributed by atoms with Crippen molar-refractivity contribution in [3.05, 3.63) is 69.5 Å². The summed E-state index contributed by atoms with van der Waals surface area (Å²) in [4.78, 5) is 29.6. The number of carbonyl (C=O) groups is 1. The Morgan fingerprint density at radius 2 is 2.14 bits per heavy atom. The Labute approximate surface area is 166 Å². The molecule has 1 fully saturated rings. The molecule has 7 nitrogen and oxygen atoms in total. The zero-order valence-electron chi connectivity index (χ0n) is 16.2. The molecule has 1 aliphatic heterocycles. The summed E-state index contributed by atoms with van der Waals surface area (Å²) in [5.41, 5.74) is 2.41. The number of fused-ring (bicyclic) bond motifs is 1. The van der Waals surface area contributed by atoms with Gasteiger partial charge in [-0.05, 0) is 43.9 Å². The summed E-state index contributed by atoms with van der Waals surface area (Å²) in [6.07, 6.45) is 2.40. The van der Waals surface area contributed by atoms with Crippen LogP contribution < -0.4 is 10.9 Å². The van der Waals surface area contributed by atoms with E-state index in [1.807, 2.05) is 6.92 Å². The maximum atomic E-state index is 13.4. The number of rotatable bonds is 5. The van der Waals surface area contributed by atoms with Gasteiger partial charge in [0.05, 0.1) is 11.7 Å². The maximum absolute atomic E-state index is 13.4. The lowest BCUT2D eigenvalue weighted by Gasteiger charge is -2.25. The molecule has 0 aliphatic carbocycles. The minimum atomic E-state index is -0.486. The standard InChI is InChI=1S/C21H23FN4O3/c1-13-10-19-23-16(12-20(27)26(19)25-13)11-17(14-5-7-15(22)8-6-14)24-21(28)18-4-2-3-9-29-18/h5-8,10,12,17-18,25H,2-4,9,11H2,1H3,(H,24,28)/t17-,18+/m1/s1. The zero-order valence-corrected chi connectivity index (χ0v) is 16.2. The van der Waals surface area contributed by atoms with Crippen LogP contribution in [0.2, 0.25) is 0 Å². The van der Waals surface area contributed by atoms with E-state index >= 15 is 0 Å². The van der Waals surface area contributed by atoms with Crippen LogP contribution in [0.15, 0.2) is 41.2 Å². The monoisotopic (exact) mass is 398 g/mol. The molecule has 1 aromatic carbocycles. The van der Waals surface area contributed by atoms with Gasteiger partial charge in [-0.1, -0.05) is 12.1 Å². The van der Waals surface area contributed by atoms with Gasteiger partial charge in [-0.25, -0.2) is 13.9 Å². The molecule has 1 amide bonds. The van der Waals surface area contributed by atoms with E-state index in [9.17, 15) is 14.0 Å². The van der Waals surface area contributed by atoms with E-state index in [4.69, 9.17) is 4.74 Å². The molecular weight excluding hydrogens is 375 g/mol.